The highest BCUT2D eigenvalue weighted by atomic mass is 28.3. The van der Waals surface area contributed by atoms with Gasteiger partial charge in [-0.1, -0.05) is 48.8 Å². The number of carbonyl (C=O) groups excluding carboxylic acids is 1. The molecule has 0 aliphatic rings. The molecule has 0 aliphatic heterocycles. The molecule has 1 aromatic carbocycles. The normalized spacial score (nSPS) is 10.3. The van der Waals surface area contributed by atoms with Crippen LogP contribution in [-0.2, 0) is 4.79 Å². The van der Waals surface area contributed by atoms with Gasteiger partial charge in [0.05, 0.1) is 14.5 Å². The summed E-state index contributed by atoms with van der Waals surface area (Å²) in [4.78, 5) is 10.1. The van der Waals surface area contributed by atoms with Gasteiger partial charge in [-0.2, -0.15) is 0 Å². The van der Waals surface area contributed by atoms with Gasteiger partial charge in [0.2, 0.25) is 0 Å². The summed E-state index contributed by atoms with van der Waals surface area (Å²) < 4.78 is 0. The molecule has 0 aliphatic carbocycles. The van der Waals surface area contributed by atoms with Crippen LogP contribution in [0.3, 0.4) is 0 Å². The zero-order chi connectivity index (χ0) is 11.3. The highest BCUT2D eigenvalue weighted by molar-refractivity contribution is 6.88. The maximum absolute atomic E-state index is 10.1. The van der Waals surface area contributed by atoms with Crippen LogP contribution < -0.4 is 5.19 Å². The lowest BCUT2D eigenvalue weighted by atomic mass is 10.2. The predicted octanol–water partition coefficient (Wildman–Crippen LogP) is 2.17. The molecule has 0 N–H and O–H groups in total. The van der Waals surface area contributed by atoms with E-state index in [9.17, 15) is 4.79 Å². The molecule has 0 radical (unpaired) electrons. The third kappa shape index (κ3) is 3.73. The highest BCUT2D eigenvalue weighted by Crippen LogP contribution is 2.03. The first kappa shape index (κ1) is 11.7. The summed E-state index contributed by atoms with van der Waals surface area (Å²) in [5, 5.41) is 1.43. The second kappa shape index (κ2) is 4.95. The highest BCUT2D eigenvalue weighted by Gasteiger charge is 2.15. The lowest BCUT2D eigenvalue weighted by Crippen LogP contribution is -2.37. The maximum atomic E-state index is 10.1. The summed E-state index contributed by atoms with van der Waals surface area (Å²) in [6.45, 7) is 6.96. The summed E-state index contributed by atoms with van der Waals surface area (Å²) in [6, 6.07) is 8.37. The Morgan fingerprint density at radius 1 is 1.20 bits per heavy atom. The standard InChI is InChI=1S/C13H16OSi/c1-15(2,3)13-9-7-12(8-10-13)6-4-5-11-14/h7-11H,5H2,1-3H3. The Kier molecular flexibility index (Phi) is 3.87. The minimum absolute atomic E-state index is 0.315. The maximum Gasteiger partial charge on any atom is 0.131 e. The topological polar surface area (TPSA) is 17.1 Å². The summed E-state index contributed by atoms with van der Waals surface area (Å²) >= 11 is 0. The van der Waals surface area contributed by atoms with Gasteiger partial charge in [-0.05, 0) is 12.1 Å². The third-order valence-corrected chi connectivity index (χ3v) is 4.23. The molecule has 0 aromatic heterocycles. The van der Waals surface area contributed by atoms with E-state index >= 15 is 0 Å². The van der Waals surface area contributed by atoms with Crippen LogP contribution in [-0.4, -0.2) is 14.4 Å². The van der Waals surface area contributed by atoms with E-state index in [-0.39, 0.29) is 0 Å². The van der Waals surface area contributed by atoms with Gasteiger partial charge in [-0.15, -0.1) is 0 Å². The van der Waals surface area contributed by atoms with Gasteiger partial charge in [-0.25, -0.2) is 0 Å². The molecule has 1 aromatic rings. The number of benzene rings is 1. The van der Waals surface area contributed by atoms with Gasteiger partial charge in [-0.3, -0.25) is 0 Å². The van der Waals surface area contributed by atoms with Crippen molar-refractivity contribution in [2.24, 2.45) is 0 Å². The Bertz CT molecular complexity index is 387. The van der Waals surface area contributed by atoms with Crippen molar-refractivity contribution < 1.29 is 4.79 Å². The van der Waals surface area contributed by atoms with Gasteiger partial charge < -0.3 is 4.79 Å². The molecule has 0 bridgehead atoms. The van der Waals surface area contributed by atoms with Crippen LogP contribution in [0.5, 0.6) is 0 Å². The molecule has 0 unspecified atom stereocenters. The number of hydrogen-bond acceptors (Lipinski definition) is 1. The minimum Gasteiger partial charge on any atom is -0.302 e. The monoisotopic (exact) mass is 216 g/mol. The Morgan fingerprint density at radius 2 is 1.80 bits per heavy atom. The first-order chi connectivity index (χ1) is 7.04. The second-order valence-electron chi connectivity index (χ2n) is 4.50. The predicted molar refractivity (Wildman–Crippen MR) is 67.0 cm³/mol. The lowest BCUT2D eigenvalue weighted by molar-refractivity contribution is -0.107. The molecule has 0 heterocycles. The first-order valence-electron chi connectivity index (χ1n) is 5.07. The smallest absolute Gasteiger partial charge is 0.131 e. The zero-order valence-electron chi connectivity index (χ0n) is 9.50. The Morgan fingerprint density at radius 3 is 2.27 bits per heavy atom. The molecule has 0 atom stereocenters. The molecule has 2 heteroatoms. The van der Waals surface area contributed by atoms with Crippen molar-refractivity contribution >= 4 is 19.5 Å². The zero-order valence-corrected chi connectivity index (χ0v) is 10.5. The van der Waals surface area contributed by atoms with Gasteiger partial charge in [0, 0.05) is 5.56 Å². The fourth-order valence-electron chi connectivity index (χ4n) is 1.25. The largest absolute Gasteiger partial charge is 0.302 e. The summed E-state index contributed by atoms with van der Waals surface area (Å²) in [7, 11) is -1.20. The van der Waals surface area contributed by atoms with Crippen molar-refractivity contribution in [3.8, 4) is 11.8 Å². The van der Waals surface area contributed by atoms with Crippen LogP contribution in [0, 0.1) is 11.8 Å². The molecule has 1 rings (SSSR count). The number of carbonyl (C=O) groups is 1. The van der Waals surface area contributed by atoms with E-state index in [1.54, 1.807) is 0 Å². The molecule has 0 fully saturated rings. The Labute approximate surface area is 92.5 Å². The first-order valence-corrected chi connectivity index (χ1v) is 8.57. The van der Waals surface area contributed by atoms with E-state index in [0.717, 1.165) is 11.8 Å². The minimum atomic E-state index is -1.20. The van der Waals surface area contributed by atoms with E-state index in [0.29, 0.717) is 6.42 Å². The lowest BCUT2D eigenvalue weighted by Gasteiger charge is -2.15. The molecule has 15 heavy (non-hydrogen) atoms. The SMILES string of the molecule is C[Si](C)(C)c1ccc(C#CCC=O)cc1. The summed E-state index contributed by atoms with van der Waals surface area (Å²) in [5.74, 6) is 5.76. The van der Waals surface area contributed by atoms with Crippen molar-refractivity contribution in [1.29, 1.82) is 0 Å². The van der Waals surface area contributed by atoms with E-state index < -0.39 is 8.07 Å². The summed E-state index contributed by atoms with van der Waals surface area (Å²) in [6.07, 6.45) is 1.14. The summed E-state index contributed by atoms with van der Waals surface area (Å²) in [5.41, 5.74) is 0.985. The van der Waals surface area contributed by atoms with Gasteiger partial charge >= 0.3 is 0 Å². The molecular weight excluding hydrogens is 200 g/mol. The fourth-order valence-corrected chi connectivity index (χ4v) is 2.41. The quantitative estimate of drug-likeness (QED) is 0.421. The van der Waals surface area contributed by atoms with Crippen molar-refractivity contribution in [1.82, 2.24) is 0 Å². The van der Waals surface area contributed by atoms with Crippen LogP contribution in [0.1, 0.15) is 12.0 Å². The number of rotatable bonds is 2. The fraction of sp³-hybridized carbons (Fsp3) is 0.308. The van der Waals surface area contributed by atoms with Crippen LogP contribution in [0.4, 0.5) is 0 Å². The molecule has 78 valence electrons. The molecule has 1 nitrogen and oxygen atoms in total. The van der Waals surface area contributed by atoms with E-state index in [1.165, 1.54) is 5.19 Å². The van der Waals surface area contributed by atoms with Crippen LogP contribution in [0.15, 0.2) is 24.3 Å². The van der Waals surface area contributed by atoms with Crippen molar-refractivity contribution in [3.05, 3.63) is 29.8 Å². The molecule has 0 amide bonds. The second-order valence-corrected chi connectivity index (χ2v) is 9.58. The Balaban J connectivity index is 2.83. The Hall–Kier alpha value is -1.33. The van der Waals surface area contributed by atoms with E-state index in [4.69, 9.17) is 0 Å². The van der Waals surface area contributed by atoms with Crippen LogP contribution >= 0.6 is 0 Å². The van der Waals surface area contributed by atoms with E-state index in [1.807, 2.05) is 12.1 Å². The molecule has 0 saturated heterocycles. The van der Waals surface area contributed by atoms with Crippen LogP contribution in [0.25, 0.3) is 0 Å². The number of aldehydes is 1. The third-order valence-electron chi connectivity index (χ3n) is 2.17. The average molecular weight is 216 g/mol. The number of hydrogen-bond donors (Lipinski definition) is 0. The van der Waals surface area contributed by atoms with Crippen molar-refractivity contribution in [3.63, 3.8) is 0 Å². The molecule has 0 spiro atoms. The van der Waals surface area contributed by atoms with E-state index in [2.05, 4.69) is 43.6 Å². The molecular formula is C13H16OSi. The van der Waals surface area contributed by atoms with Gasteiger partial charge in [0.1, 0.15) is 6.29 Å². The van der Waals surface area contributed by atoms with Crippen molar-refractivity contribution in [2.45, 2.75) is 26.1 Å². The van der Waals surface area contributed by atoms with Crippen molar-refractivity contribution in [2.75, 3.05) is 0 Å². The van der Waals surface area contributed by atoms with Gasteiger partial charge in [0.25, 0.3) is 0 Å². The van der Waals surface area contributed by atoms with Crippen LogP contribution in [0.2, 0.25) is 19.6 Å². The average Bonchev–Trinajstić information content (AvgIpc) is 2.18. The van der Waals surface area contributed by atoms with Gasteiger partial charge in [0.15, 0.2) is 0 Å². The molecule has 0 saturated carbocycles.